The molecule has 0 aromatic rings. The second kappa shape index (κ2) is 23.4. The van der Waals surface area contributed by atoms with Gasteiger partial charge in [0.1, 0.15) is 25.7 Å². The highest BCUT2D eigenvalue weighted by atomic mass is 32.3. The zero-order valence-corrected chi connectivity index (χ0v) is 22.1. The van der Waals surface area contributed by atoms with E-state index in [-0.39, 0.29) is 13.2 Å². The van der Waals surface area contributed by atoms with E-state index in [1.807, 2.05) is 7.05 Å². The van der Waals surface area contributed by atoms with Crippen molar-refractivity contribution in [1.82, 2.24) is 0 Å². The van der Waals surface area contributed by atoms with Crippen molar-refractivity contribution >= 4 is 10.4 Å². The van der Waals surface area contributed by atoms with E-state index in [9.17, 15) is 18.1 Å². The Balaban J connectivity index is 0. The highest BCUT2D eigenvalue weighted by molar-refractivity contribution is 7.80. The highest BCUT2D eigenvalue weighted by Crippen LogP contribution is 2.12. The van der Waals surface area contributed by atoms with Crippen molar-refractivity contribution in [1.29, 1.82) is 0 Å². The third-order valence-electron chi connectivity index (χ3n) is 5.59. The van der Waals surface area contributed by atoms with Gasteiger partial charge in [-0.25, -0.2) is 8.42 Å². The highest BCUT2D eigenvalue weighted by Gasteiger charge is 2.24. The maximum Gasteiger partial charge on any atom is 0.217 e. The first-order chi connectivity index (χ1) is 15.6. The van der Waals surface area contributed by atoms with Gasteiger partial charge < -0.3 is 29.1 Å². The minimum atomic E-state index is -4.41. The fourth-order valence-corrected chi connectivity index (χ4v) is 3.60. The van der Waals surface area contributed by atoms with Gasteiger partial charge in [0, 0.05) is 6.61 Å². The Morgan fingerprint density at radius 2 is 1.24 bits per heavy atom. The summed E-state index contributed by atoms with van der Waals surface area (Å²) in [7, 11) is -1.66. The lowest BCUT2D eigenvalue weighted by molar-refractivity contribution is -0.913. The van der Waals surface area contributed by atoms with Gasteiger partial charge in [-0.15, -0.1) is 0 Å². The van der Waals surface area contributed by atoms with Crippen LogP contribution in [0.2, 0.25) is 0 Å². The van der Waals surface area contributed by atoms with E-state index in [0.717, 1.165) is 13.5 Å². The van der Waals surface area contributed by atoms with Crippen LogP contribution in [0, 0.1) is 0 Å². The van der Waals surface area contributed by atoms with Gasteiger partial charge in [-0.3, -0.25) is 4.18 Å². The van der Waals surface area contributed by atoms with E-state index in [1.54, 1.807) is 0 Å². The molecule has 1 unspecified atom stereocenters. The van der Waals surface area contributed by atoms with Crippen LogP contribution < -0.4 is 0 Å². The van der Waals surface area contributed by atoms with Gasteiger partial charge in [0.05, 0.1) is 34.0 Å². The molecule has 0 aliphatic rings. The monoisotopic (exact) mass is 501 g/mol. The maximum absolute atomic E-state index is 10.1. The molecule has 10 heteroatoms. The van der Waals surface area contributed by atoms with Crippen LogP contribution in [0.4, 0.5) is 0 Å². The summed E-state index contributed by atoms with van der Waals surface area (Å²) in [5.74, 6) is 0. The molecule has 0 aliphatic heterocycles. The van der Waals surface area contributed by atoms with Crippen LogP contribution in [0.3, 0.4) is 0 Å². The lowest BCUT2D eigenvalue weighted by Gasteiger charge is -2.35. The van der Waals surface area contributed by atoms with Crippen molar-refractivity contribution < 1.29 is 41.7 Å². The number of nitrogens with zero attached hydrogens (tertiary/aromatic N) is 1. The molecule has 0 fully saturated rings. The first-order valence-corrected chi connectivity index (χ1v) is 13.8. The number of rotatable bonds is 22. The van der Waals surface area contributed by atoms with Crippen molar-refractivity contribution in [2.45, 2.75) is 90.1 Å². The zero-order chi connectivity index (χ0) is 25.4. The quantitative estimate of drug-likeness (QED) is 0.0891. The second-order valence-corrected chi connectivity index (χ2v) is 10.0. The van der Waals surface area contributed by atoms with E-state index in [0.29, 0.717) is 37.3 Å². The van der Waals surface area contributed by atoms with Gasteiger partial charge >= 0.3 is 0 Å². The lowest BCUT2D eigenvalue weighted by atomic mass is 10.1. The molecule has 0 aromatic heterocycles. The third-order valence-corrected chi connectivity index (χ3v) is 6.00. The molecular formula is C23H51NO8S. The number of aliphatic hydroxyl groups excluding tert-OH is 3. The van der Waals surface area contributed by atoms with Gasteiger partial charge in [-0.1, -0.05) is 77.6 Å². The number of aliphatic hydroxyl groups is 3. The molecule has 0 saturated heterocycles. The Morgan fingerprint density at radius 1 is 0.848 bits per heavy atom. The lowest BCUT2D eigenvalue weighted by Crippen LogP contribution is -2.52. The molecule has 0 amide bonds. The minimum absolute atomic E-state index is 0.0585. The Kier molecular flexibility index (Phi) is 24.7. The summed E-state index contributed by atoms with van der Waals surface area (Å²) in [5, 5.41) is 28.4. The van der Waals surface area contributed by atoms with Crippen LogP contribution in [-0.4, -0.2) is 99.1 Å². The molecule has 3 N–H and O–H groups in total. The molecule has 33 heavy (non-hydrogen) atoms. The SMILES string of the molecule is CCCCCCCCCCCCCCOCC(O)C[N+](C)(CCO)CCO.COS(=O)(=O)[O-]. The van der Waals surface area contributed by atoms with Crippen molar-refractivity contribution in [3.05, 3.63) is 0 Å². The summed E-state index contributed by atoms with van der Waals surface area (Å²) >= 11 is 0. The molecular weight excluding hydrogens is 450 g/mol. The van der Waals surface area contributed by atoms with Gasteiger partial charge in [0.25, 0.3) is 0 Å². The molecule has 0 rings (SSSR count). The predicted octanol–water partition coefficient (Wildman–Crippen LogP) is 2.59. The van der Waals surface area contributed by atoms with E-state index < -0.39 is 16.5 Å². The summed E-state index contributed by atoms with van der Waals surface area (Å²) in [4.78, 5) is 0. The Hall–Kier alpha value is -0.330. The number of ether oxygens (including phenoxy) is 1. The average Bonchev–Trinajstić information content (AvgIpc) is 2.74. The molecule has 0 radical (unpaired) electrons. The van der Waals surface area contributed by atoms with Crippen LogP contribution in [0.15, 0.2) is 0 Å². The normalized spacial score (nSPS) is 12.9. The fraction of sp³-hybridized carbons (Fsp3) is 1.00. The molecule has 202 valence electrons. The smallest absolute Gasteiger partial charge is 0.217 e. The van der Waals surface area contributed by atoms with Crippen molar-refractivity contribution in [3.63, 3.8) is 0 Å². The van der Waals surface area contributed by atoms with Crippen molar-refractivity contribution in [2.75, 3.05) is 60.2 Å². The molecule has 0 bridgehead atoms. The number of hydrogen-bond acceptors (Lipinski definition) is 8. The Labute approximate surface area is 202 Å². The average molecular weight is 502 g/mol. The Bertz CT molecular complexity index is 499. The van der Waals surface area contributed by atoms with Gasteiger partial charge in [0.2, 0.25) is 10.4 Å². The minimum Gasteiger partial charge on any atom is -0.726 e. The van der Waals surface area contributed by atoms with Crippen LogP contribution in [-0.2, 0) is 19.3 Å². The van der Waals surface area contributed by atoms with Crippen LogP contribution in [0.25, 0.3) is 0 Å². The number of hydrogen-bond donors (Lipinski definition) is 3. The van der Waals surface area contributed by atoms with Crippen LogP contribution in [0.5, 0.6) is 0 Å². The fourth-order valence-electron chi connectivity index (χ4n) is 3.60. The largest absolute Gasteiger partial charge is 0.726 e. The summed E-state index contributed by atoms with van der Waals surface area (Å²) < 4.78 is 37.1. The Morgan fingerprint density at radius 3 is 1.61 bits per heavy atom. The first-order valence-electron chi connectivity index (χ1n) is 12.5. The molecule has 0 saturated carbocycles. The van der Waals surface area contributed by atoms with E-state index in [2.05, 4.69) is 11.1 Å². The first kappa shape index (κ1) is 34.8. The molecule has 0 heterocycles. The standard InChI is InChI=1S/C22H48NO4.CH4O4S/c1-3-4-5-6-7-8-9-10-11-12-13-14-19-27-21-22(26)20-23(2,15-17-24)16-18-25;1-5-6(2,3)4/h22,24-26H,3-21H2,1-2H3;1H3,(H,2,3,4)/q+1;/p-1. The summed E-state index contributed by atoms with van der Waals surface area (Å²) in [6, 6.07) is 0. The molecule has 0 spiro atoms. The van der Waals surface area contributed by atoms with E-state index in [1.165, 1.54) is 70.6 Å². The topological polar surface area (TPSA) is 136 Å². The maximum atomic E-state index is 10.1. The van der Waals surface area contributed by atoms with Gasteiger partial charge in [0.15, 0.2) is 0 Å². The van der Waals surface area contributed by atoms with E-state index in [4.69, 9.17) is 14.9 Å². The summed E-state index contributed by atoms with van der Waals surface area (Å²) in [5.41, 5.74) is 0. The number of unbranched alkanes of at least 4 members (excludes halogenated alkanes) is 11. The number of quaternary nitrogens is 1. The van der Waals surface area contributed by atoms with E-state index >= 15 is 0 Å². The number of likely N-dealkylation sites (N-methyl/N-ethyl adjacent to an activating group) is 1. The summed E-state index contributed by atoms with van der Waals surface area (Å²) in [6.45, 7) is 5.00. The second-order valence-electron chi connectivity index (χ2n) is 8.89. The zero-order valence-electron chi connectivity index (χ0n) is 21.3. The molecule has 0 aliphatic carbocycles. The van der Waals surface area contributed by atoms with Gasteiger partial charge in [-0.05, 0) is 6.42 Å². The summed E-state index contributed by atoms with van der Waals surface area (Å²) in [6.07, 6.45) is 15.4. The molecule has 1 atom stereocenters. The van der Waals surface area contributed by atoms with Crippen LogP contribution in [0.1, 0.15) is 84.0 Å². The molecule has 9 nitrogen and oxygen atoms in total. The van der Waals surface area contributed by atoms with Crippen LogP contribution >= 0.6 is 0 Å². The molecule has 0 aromatic carbocycles. The van der Waals surface area contributed by atoms with Gasteiger partial charge in [-0.2, -0.15) is 0 Å². The predicted molar refractivity (Wildman–Crippen MR) is 130 cm³/mol. The van der Waals surface area contributed by atoms with Crippen molar-refractivity contribution in [3.8, 4) is 0 Å². The van der Waals surface area contributed by atoms with Crippen molar-refractivity contribution in [2.24, 2.45) is 0 Å². The third kappa shape index (κ3) is 27.8.